The van der Waals surface area contributed by atoms with Crippen LogP contribution in [0.3, 0.4) is 0 Å². The highest BCUT2D eigenvalue weighted by atomic mass is 32.2. The molecule has 2 N–H and O–H groups in total. The van der Waals surface area contributed by atoms with Crippen molar-refractivity contribution in [1.82, 2.24) is 15.2 Å². The third-order valence-corrected chi connectivity index (χ3v) is 3.80. The molecule has 106 valence electrons. The van der Waals surface area contributed by atoms with E-state index in [0.717, 1.165) is 22.3 Å². The predicted molar refractivity (Wildman–Crippen MR) is 82.8 cm³/mol. The largest absolute Gasteiger partial charge is 0.495 e. The smallest absolute Gasteiger partial charge is 0.247 e. The lowest BCUT2D eigenvalue weighted by atomic mass is 10.3. The van der Waals surface area contributed by atoms with Gasteiger partial charge in [-0.05, 0) is 26.0 Å². The van der Waals surface area contributed by atoms with Gasteiger partial charge in [-0.3, -0.25) is 5.10 Å². The van der Waals surface area contributed by atoms with E-state index in [2.05, 4.69) is 33.5 Å². The molecule has 0 spiro atoms. The fraction of sp³-hybridized carbons (Fsp3) is 0.286. The molecule has 0 bridgehead atoms. The number of anilines is 2. The maximum Gasteiger partial charge on any atom is 0.247 e. The average Bonchev–Trinajstić information content (AvgIpc) is 2.93. The van der Waals surface area contributed by atoms with Gasteiger partial charge in [-0.25, -0.2) is 0 Å². The predicted octanol–water partition coefficient (Wildman–Crippen LogP) is 3.62. The van der Waals surface area contributed by atoms with E-state index in [0.29, 0.717) is 5.95 Å². The van der Waals surface area contributed by atoms with Crippen LogP contribution in [0.1, 0.15) is 13.8 Å². The zero-order valence-electron chi connectivity index (χ0n) is 11.8. The minimum atomic E-state index is 0.537. The molecule has 0 fully saturated rings. The third kappa shape index (κ3) is 3.77. The van der Waals surface area contributed by atoms with Gasteiger partial charge in [0.25, 0.3) is 0 Å². The van der Waals surface area contributed by atoms with E-state index in [1.165, 1.54) is 5.57 Å². The number of rotatable bonds is 6. The second kappa shape index (κ2) is 7.00. The van der Waals surface area contributed by atoms with Crippen molar-refractivity contribution < 1.29 is 4.74 Å². The third-order valence-electron chi connectivity index (χ3n) is 2.75. The van der Waals surface area contributed by atoms with Crippen molar-refractivity contribution in [3.8, 4) is 5.75 Å². The van der Waals surface area contributed by atoms with Gasteiger partial charge in [0.05, 0.1) is 12.8 Å². The molecule has 0 aliphatic rings. The molecular weight excluding hydrogens is 272 g/mol. The van der Waals surface area contributed by atoms with Crippen LogP contribution in [-0.4, -0.2) is 28.0 Å². The van der Waals surface area contributed by atoms with Gasteiger partial charge in [0.1, 0.15) is 5.75 Å². The van der Waals surface area contributed by atoms with E-state index in [1.54, 1.807) is 18.9 Å². The van der Waals surface area contributed by atoms with Crippen LogP contribution in [-0.2, 0) is 0 Å². The lowest BCUT2D eigenvalue weighted by Gasteiger charge is -2.07. The number of nitrogens with zero attached hydrogens (tertiary/aromatic N) is 2. The normalized spacial score (nSPS) is 11.4. The molecule has 1 aromatic carbocycles. The van der Waals surface area contributed by atoms with Crippen molar-refractivity contribution in [3.05, 3.63) is 35.9 Å². The number of hydrogen-bond acceptors (Lipinski definition) is 5. The van der Waals surface area contributed by atoms with Gasteiger partial charge in [0.15, 0.2) is 5.16 Å². The molecule has 0 saturated heterocycles. The number of hydrogen-bond donors (Lipinski definition) is 2. The Morgan fingerprint density at radius 3 is 3.00 bits per heavy atom. The zero-order valence-corrected chi connectivity index (χ0v) is 12.6. The highest BCUT2D eigenvalue weighted by Crippen LogP contribution is 2.26. The molecule has 1 heterocycles. The number of ether oxygens (including phenoxy) is 1. The first-order chi connectivity index (χ1) is 9.72. The Morgan fingerprint density at radius 1 is 1.45 bits per heavy atom. The van der Waals surface area contributed by atoms with Crippen LogP contribution in [0.25, 0.3) is 0 Å². The summed E-state index contributed by atoms with van der Waals surface area (Å²) < 4.78 is 5.28. The van der Waals surface area contributed by atoms with Gasteiger partial charge < -0.3 is 10.1 Å². The lowest BCUT2D eigenvalue weighted by molar-refractivity contribution is 0.417. The van der Waals surface area contributed by atoms with Crippen LogP contribution < -0.4 is 10.1 Å². The molecule has 0 aliphatic heterocycles. The number of thioether (sulfide) groups is 1. The summed E-state index contributed by atoms with van der Waals surface area (Å²) in [5.41, 5.74) is 2.15. The molecule has 0 amide bonds. The summed E-state index contributed by atoms with van der Waals surface area (Å²) in [6, 6.07) is 7.66. The Hall–Kier alpha value is -1.95. The second-order valence-electron chi connectivity index (χ2n) is 4.21. The van der Waals surface area contributed by atoms with Crippen LogP contribution >= 0.6 is 11.8 Å². The van der Waals surface area contributed by atoms with Gasteiger partial charge in [-0.15, -0.1) is 5.10 Å². The van der Waals surface area contributed by atoms with E-state index < -0.39 is 0 Å². The number of aromatic nitrogens is 3. The van der Waals surface area contributed by atoms with E-state index in [1.807, 2.05) is 31.2 Å². The molecule has 0 aliphatic carbocycles. The van der Waals surface area contributed by atoms with E-state index >= 15 is 0 Å². The van der Waals surface area contributed by atoms with Crippen molar-refractivity contribution in [2.24, 2.45) is 0 Å². The highest BCUT2D eigenvalue weighted by Gasteiger charge is 2.07. The van der Waals surface area contributed by atoms with E-state index in [4.69, 9.17) is 4.74 Å². The number of allylic oxidation sites excluding steroid dienone is 1. The van der Waals surface area contributed by atoms with Gasteiger partial charge in [0.2, 0.25) is 5.95 Å². The monoisotopic (exact) mass is 290 g/mol. The van der Waals surface area contributed by atoms with Crippen molar-refractivity contribution in [2.75, 3.05) is 18.2 Å². The van der Waals surface area contributed by atoms with Gasteiger partial charge >= 0.3 is 0 Å². The van der Waals surface area contributed by atoms with Crippen molar-refractivity contribution >= 4 is 23.4 Å². The van der Waals surface area contributed by atoms with Crippen molar-refractivity contribution in [3.63, 3.8) is 0 Å². The number of nitrogens with one attached hydrogen (secondary N) is 2. The number of para-hydroxylation sites is 2. The summed E-state index contributed by atoms with van der Waals surface area (Å²) in [4.78, 5) is 4.39. The molecule has 0 radical (unpaired) electrons. The molecule has 6 heteroatoms. The van der Waals surface area contributed by atoms with E-state index in [-0.39, 0.29) is 0 Å². The minimum Gasteiger partial charge on any atom is -0.495 e. The van der Waals surface area contributed by atoms with Crippen LogP contribution in [0.5, 0.6) is 5.75 Å². The minimum absolute atomic E-state index is 0.537. The first-order valence-corrected chi connectivity index (χ1v) is 7.28. The zero-order chi connectivity index (χ0) is 14.4. The number of H-pyrrole nitrogens is 1. The maximum atomic E-state index is 5.28. The molecule has 2 rings (SSSR count). The summed E-state index contributed by atoms with van der Waals surface area (Å²) in [7, 11) is 1.64. The SMILES string of the molecule is CC=C(C)CSc1nc(Nc2ccccc2OC)n[nH]1. The van der Waals surface area contributed by atoms with Crippen molar-refractivity contribution in [1.29, 1.82) is 0 Å². The summed E-state index contributed by atoms with van der Waals surface area (Å²) in [6.07, 6.45) is 2.09. The molecule has 2 aromatic rings. The van der Waals surface area contributed by atoms with Gasteiger partial charge in [-0.1, -0.05) is 35.5 Å². The van der Waals surface area contributed by atoms with Gasteiger partial charge in [-0.2, -0.15) is 4.98 Å². The molecule has 5 nitrogen and oxygen atoms in total. The first-order valence-electron chi connectivity index (χ1n) is 6.30. The Balaban J connectivity index is 2.02. The molecule has 0 unspecified atom stereocenters. The standard InChI is InChI=1S/C14H18N4OS/c1-4-10(2)9-20-14-16-13(17-18-14)15-11-7-5-6-8-12(11)19-3/h4-8H,9H2,1-3H3,(H2,15,16,17,18). The Morgan fingerprint density at radius 2 is 2.25 bits per heavy atom. The van der Waals surface area contributed by atoms with E-state index in [9.17, 15) is 0 Å². The topological polar surface area (TPSA) is 62.8 Å². The quantitative estimate of drug-likeness (QED) is 0.628. The molecule has 0 saturated carbocycles. The second-order valence-corrected chi connectivity index (χ2v) is 5.18. The average molecular weight is 290 g/mol. The van der Waals surface area contributed by atoms with Crippen LogP contribution in [0.15, 0.2) is 41.1 Å². The molecule has 20 heavy (non-hydrogen) atoms. The first kappa shape index (κ1) is 14.5. The van der Waals surface area contributed by atoms with Gasteiger partial charge in [0, 0.05) is 5.75 Å². The number of aromatic amines is 1. The maximum absolute atomic E-state index is 5.28. The lowest BCUT2D eigenvalue weighted by Crippen LogP contribution is -1.95. The Bertz CT molecular complexity index is 594. The summed E-state index contributed by atoms with van der Waals surface area (Å²) >= 11 is 1.63. The molecular formula is C14H18N4OS. The summed E-state index contributed by atoms with van der Waals surface area (Å²) in [6.45, 7) is 4.13. The van der Waals surface area contributed by atoms with Crippen molar-refractivity contribution in [2.45, 2.75) is 19.0 Å². The fourth-order valence-electron chi connectivity index (χ4n) is 1.50. The van der Waals surface area contributed by atoms with Crippen LogP contribution in [0, 0.1) is 0 Å². The molecule has 1 aromatic heterocycles. The van der Waals surface area contributed by atoms with Crippen LogP contribution in [0.2, 0.25) is 0 Å². The Labute approximate surface area is 122 Å². The number of benzene rings is 1. The van der Waals surface area contributed by atoms with Crippen LogP contribution in [0.4, 0.5) is 11.6 Å². The summed E-state index contributed by atoms with van der Waals surface area (Å²) in [5, 5.41) is 11.0. The highest BCUT2D eigenvalue weighted by molar-refractivity contribution is 7.99. The number of methoxy groups -OCH3 is 1. The fourth-order valence-corrected chi connectivity index (χ4v) is 2.29. The molecule has 0 atom stereocenters. The Kier molecular flexibility index (Phi) is 5.06. The summed E-state index contributed by atoms with van der Waals surface area (Å²) in [5.74, 6) is 2.20.